The Labute approximate surface area is 183 Å². The van der Waals surface area contributed by atoms with Gasteiger partial charge in [0.05, 0.1) is 12.8 Å². The van der Waals surface area contributed by atoms with E-state index >= 15 is 0 Å². The summed E-state index contributed by atoms with van der Waals surface area (Å²) in [4.78, 5) is 22.9. The van der Waals surface area contributed by atoms with E-state index in [0.29, 0.717) is 48.8 Å². The molecule has 0 saturated carbocycles. The monoisotopic (exact) mass is 447 g/mol. The second kappa shape index (κ2) is 8.40. The Morgan fingerprint density at radius 3 is 2.53 bits per heavy atom. The lowest BCUT2D eigenvalue weighted by Crippen LogP contribution is -2.38. The van der Waals surface area contributed by atoms with E-state index in [1.54, 1.807) is 36.9 Å². The first kappa shape index (κ1) is 22.0. The lowest BCUT2D eigenvalue weighted by molar-refractivity contribution is -0.142. The summed E-state index contributed by atoms with van der Waals surface area (Å²) in [6.07, 6.45) is -1.80. The average molecular weight is 447 g/mol. The van der Waals surface area contributed by atoms with Crippen molar-refractivity contribution in [2.75, 3.05) is 20.2 Å². The number of nitrogens with zero attached hydrogens (tertiary/aromatic N) is 5. The Hall–Kier alpha value is -3.17. The number of hydrogen-bond acceptors (Lipinski definition) is 5. The molecule has 1 saturated heterocycles. The fraction of sp³-hybridized carbons (Fsp3) is 0.455. The fourth-order valence-corrected chi connectivity index (χ4v) is 3.92. The summed E-state index contributed by atoms with van der Waals surface area (Å²) in [6.45, 7) is 4.58. The van der Waals surface area contributed by atoms with Crippen LogP contribution in [0.1, 0.15) is 66.0 Å². The third-order valence-electron chi connectivity index (χ3n) is 5.74. The predicted molar refractivity (Wildman–Crippen MR) is 111 cm³/mol. The molecule has 1 aliphatic rings. The van der Waals surface area contributed by atoms with E-state index in [2.05, 4.69) is 15.1 Å². The van der Waals surface area contributed by atoms with Crippen molar-refractivity contribution in [3.63, 3.8) is 0 Å². The van der Waals surface area contributed by atoms with Gasteiger partial charge in [0.25, 0.3) is 5.91 Å². The van der Waals surface area contributed by atoms with Crippen molar-refractivity contribution in [3.8, 4) is 5.88 Å². The number of pyridine rings is 1. The van der Waals surface area contributed by atoms with Crippen LogP contribution in [0, 0.1) is 0 Å². The maximum Gasteiger partial charge on any atom is 0.433 e. The van der Waals surface area contributed by atoms with E-state index < -0.39 is 11.9 Å². The van der Waals surface area contributed by atoms with Crippen molar-refractivity contribution in [3.05, 3.63) is 53.1 Å². The van der Waals surface area contributed by atoms with Crippen molar-refractivity contribution >= 4 is 11.6 Å². The molecule has 4 heterocycles. The summed E-state index contributed by atoms with van der Waals surface area (Å²) >= 11 is 0. The molecule has 1 aliphatic heterocycles. The Kier molecular flexibility index (Phi) is 5.79. The van der Waals surface area contributed by atoms with E-state index in [-0.39, 0.29) is 23.4 Å². The molecule has 0 radical (unpaired) electrons. The predicted octanol–water partition coefficient (Wildman–Crippen LogP) is 4.29. The molecule has 3 aromatic rings. The molecule has 0 N–H and O–H groups in total. The number of ether oxygens (including phenoxy) is 1. The maximum atomic E-state index is 13.6. The molecule has 0 atom stereocenters. The van der Waals surface area contributed by atoms with Gasteiger partial charge < -0.3 is 9.64 Å². The highest BCUT2D eigenvalue weighted by Gasteiger charge is 2.36. The minimum absolute atomic E-state index is 0.0451. The van der Waals surface area contributed by atoms with Gasteiger partial charge in [-0.1, -0.05) is 13.8 Å². The standard InChI is InChI=1S/C22H24F3N5O2/c1-13(2)16-11-18(22(23,24)25)30-19(27-16)12-17(28-30)14-5-8-29(9-6-14)21(31)15-4-7-26-20(10-15)32-3/h4,7,10-14H,5-6,8-9H2,1-3H3. The first-order chi connectivity index (χ1) is 15.2. The highest BCUT2D eigenvalue weighted by molar-refractivity contribution is 5.94. The number of amides is 1. The summed E-state index contributed by atoms with van der Waals surface area (Å²) in [5.41, 5.74) is 0.812. The molecule has 170 valence electrons. The molecule has 7 nitrogen and oxygen atoms in total. The first-order valence-electron chi connectivity index (χ1n) is 10.4. The molecule has 0 spiro atoms. The van der Waals surface area contributed by atoms with Crippen LogP contribution in [0.5, 0.6) is 5.88 Å². The molecule has 0 bridgehead atoms. The van der Waals surface area contributed by atoms with Crippen molar-refractivity contribution < 1.29 is 22.7 Å². The molecule has 1 fully saturated rings. The van der Waals surface area contributed by atoms with E-state index in [1.165, 1.54) is 13.3 Å². The highest BCUT2D eigenvalue weighted by Crippen LogP contribution is 2.34. The number of alkyl halides is 3. The van der Waals surface area contributed by atoms with Gasteiger partial charge in [0.2, 0.25) is 5.88 Å². The number of carbonyl (C=O) groups is 1. The maximum absolute atomic E-state index is 13.6. The van der Waals surface area contributed by atoms with Gasteiger partial charge in [-0.25, -0.2) is 14.5 Å². The van der Waals surface area contributed by atoms with Crippen molar-refractivity contribution in [2.24, 2.45) is 0 Å². The normalized spacial score (nSPS) is 15.5. The molecule has 4 rings (SSSR count). The van der Waals surface area contributed by atoms with Crippen LogP contribution in [-0.4, -0.2) is 50.6 Å². The van der Waals surface area contributed by atoms with E-state index in [1.807, 2.05) is 0 Å². The molecular weight excluding hydrogens is 423 g/mol. The van der Waals surface area contributed by atoms with Gasteiger partial charge in [-0.05, 0) is 30.9 Å². The molecule has 1 amide bonds. The van der Waals surface area contributed by atoms with E-state index in [4.69, 9.17) is 4.74 Å². The molecule has 0 aliphatic carbocycles. The molecule has 0 aromatic carbocycles. The van der Waals surface area contributed by atoms with Crippen molar-refractivity contribution in [1.29, 1.82) is 0 Å². The van der Waals surface area contributed by atoms with Crippen LogP contribution in [0.3, 0.4) is 0 Å². The number of likely N-dealkylation sites (tertiary alicyclic amines) is 1. The van der Waals surface area contributed by atoms with Crippen LogP contribution in [0.15, 0.2) is 30.5 Å². The Morgan fingerprint density at radius 1 is 1.19 bits per heavy atom. The van der Waals surface area contributed by atoms with Crippen molar-refractivity contribution in [2.45, 2.75) is 44.7 Å². The molecule has 3 aromatic heterocycles. The fourth-order valence-electron chi connectivity index (χ4n) is 3.92. The Morgan fingerprint density at radius 2 is 1.91 bits per heavy atom. The van der Waals surface area contributed by atoms with Gasteiger partial charge in [-0.3, -0.25) is 4.79 Å². The number of piperidine rings is 1. The van der Waals surface area contributed by atoms with Crippen LogP contribution in [-0.2, 0) is 6.18 Å². The summed E-state index contributed by atoms with van der Waals surface area (Å²) in [7, 11) is 1.49. The number of fused-ring (bicyclic) bond motifs is 1. The van der Waals surface area contributed by atoms with Gasteiger partial charge >= 0.3 is 6.18 Å². The zero-order valence-corrected chi connectivity index (χ0v) is 18.1. The minimum atomic E-state index is -4.53. The molecule has 0 unspecified atom stereocenters. The van der Waals surface area contributed by atoms with Crippen molar-refractivity contribution in [1.82, 2.24) is 24.5 Å². The Balaban J connectivity index is 1.54. The highest BCUT2D eigenvalue weighted by atomic mass is 19.4. The number of methoxy groups -OCH3 is 1. The SMILES string of the molecule is COc1cc(C(=O)N2CCC(c3cc4nc(C(C)C)cc(C(F)(F)F)n4n3)CC2)ccn1. The van der Waals surface area contributed by atoms with Crippen LogP contribution in [0.25, 0.3) is 5.65 Å². The van der Waals surface area contributed by atoms with Crippen LogP contribution >= 0.6 is 0 Å². The summed E-state index contributed by atoms with van der Waals surface area (Å²) in [5, 5.41) is 4.26. The molecular formula is C22H24F3N5O2. The zero-order chi connectivity index (χ0) is 23.0. The van der Waals surface area contributed by atoms with Gasteiger partial charge in [0.15, 0.2) is 5.65 Å². The van der Waals surface area contributed by atoms with Gasteiger partial charge in [-0.15, -0.1) is 0 Å². The number of aromatic nitrogens is 4. The summed E-state index contributed by atoms with van der Waals surface area (Å²) in [5.74, 6) is 0.0581. The summed E-state index contributed by atoms with van der Waals surface area (Å²) < 4.78 is 46.8. The minimum Gasteiger partial charge on any atom is -0.481 e. The molecule has 32 heavy (non-hydrogen) atoms. The lowest BCUT2D eigenvalue weighted by Gasteiger charge is -2.31. The average Bonchev–Trinajstić information content (AvgIpc) is 3.21. The van der Waals surface area contributed by atoms with Crippen LogP contribution in [0.4, 0.5) is 13.2 Å². The van der Waals surface area contributed by atoms with E-state index in [0.717, 1.165) is 10.6 Å². The second-order valence-corrected chi connectivity index (χ2v) is 8.21. The quantitative estimate of drug-likeness (QED) is 0.597. The second-order valence-electron chi connectivity index (χ2n) is 8.21. The van der Waals surface area contributed by atoms with Gasteiger partial charge in [0, 0.05) is 48.6 Å². The molecule has 10 heteroatoms. The van der Waals surface area contributed by atoms with Crippen LogP contribution < -0.4 is 4.74 Å². The van der Waals surface area contributed by atoms with Gasteiger partial charge in [0.1, 0.15) is 5.69 Å². The van der Waals surface area contributed by atoms with Gasteiger partial charge in [-0.2, -0.15) is 18.3 Å². The van der Waals surface area contributed by atoms with Crippen LogP contribution in [0.2, 0.25) is 0 Å². The Bertz CT molecular complexity index is 1130. The number of hydrogen-bond donors (Lipinski definition) is 0. The number of rotatable bonds is 4. The third-order valence-corrected chi connectivity index (χ3v) is 5.74. The largest absolute Gasteiger partial charge is 0.481 e. The van der Waals surface area contributed by atoms with E-state index in [9.17, 15) is 18.0 Å². The summed E-state index contributed by atoms with van der Waals surface area (Å²) in [6, 6.07) is 5.93. The smallest absolute Gasteiger partial charge is 0.433 e. The number of halogens is 3. The topological polar surface area (TPSA) is 72.6 Å². The lowest BCUT2D eigenvalue weighted by atomic mass is 9.93. The first-order valence-corrected chi connectivity index (χ1v) is 10.4. The zero-order valence-electron chi connectivity index (χ0n) is 18.1. The third kappa shape index (κ3) is 4.26. The number of carbonyl (C=O) groups excluding carboxylic acids is 1.